The minimum Gasteiger partial charge on any atom is -0.371 e. The first-order valence-electron chi connectivity index (χ1n) is 12.7. The van der Waals surface area contributed by atoms with E-state index < -0.39 is 0 Å². The molecule has 2 heterocycles. The van der Waals surface area contributed by atoms with Crippen molar-refractivity contribution in [3.63, 3.8) is 0 Å². The molecule has 0 aromatic heterocycles. The van der Waals surface area contributed by atoms with Crippen molar-refractivity contribution < 1.29 is 9.59 Å². The molecule has 0 unspecified atom stereocenters. The fourth-order valence-corrected chi connectivity index (χ4v) is 4.89. The average Bonchev–Trinajstić information content (AvgIpc) is 3.56. The lowest BCUT2D eigenvalue weighted by Gasteiger charge is -2.24. The summed E-state index contributed by atoms with van der Waals surface area (Å²) in [6.45, 7) is 5.82. The normalized spacial score (nSPS) is 15.8. The number of hydrogen-bond donors (Lipinski definition) is 1. The second-order valence-corrected chi connectivity index (χ2v) is 9.39. The van der Waals surface area contributed by atoms with Crippen molar-refractivity contribution >= 4 is 23.2 Å². The largest absolute Gasteiger partial charge is 0.371 e. The molecule has 1 N–H and O–H groups in total. The van der Waals surface area contributed by atoms with Crippen LogP contribution in [0.1, 0.15) is 84.6 Å². The highest BCUT2D eigenvalue weighted by Crippen LogP contribution is 2.30. The van der Waals surface area contributed by atoms with Crippen LogP contribution >= 0.6 is 0 Å². The van der Waals surface area contributed by atoms with Gasteiger partial charge in [0.25, 0.3) is 11.8 Å². The summed E-state index contributed by atoms with van der Waals surface area (Å²) >= 11 is 0. The van der Waals surface area contributed by atoms with Gasteiger partial charge in [0.15, 0.2) is 0 Å². The summed E-state index contributed by atoms with van der Waals surface area (Å²) in [5, 5.41) is 3.01. The van der Waals surface area contributed by atoms with Gasteiger partial charge < -0.3 is 15.1 Å². The lowest BCUT2D eigenvalue weighted by molar-refractivity contribution is 0.0793. The molecule has 2 amide bonds. The third-order valence-corrected chi connectivity index (χ3v) is 6.86. The highest BCUT2D eigenvalue weighted by molar-refractivity contribution is 6.06. The standard InChI is InChI=1S/C28H37N3O2/c1-2-3-4-5-10-22-11-13-23(14-12-22)27(32)29-24-15-16-26(30-17-6-7-18-30)25(21-24)28(33)31-19-8-9-20-31/h11-16,21H,2-10,17-20H2,1H3,(H,29,32). The monoisotopic (exact) mass is 447 g/mol. The molecular weight excluding hydrogens is 410 g/mol. The maximum atomic E-state index is 13.3. The minimum absolute atomic E-state index is 0.0814. The van der Waals surface area contributed by atoms with Gasteiger partial charge in [-0.3, -0.25) is 9.59 Å². The molecule has 0 radical (unpaired) electrons. The van der Waals surface area contributed by atoms with E-state index in [-0.39, 0.29) is 11.8 Å². The predicted molar refractivity (Wildman–Crippen MR) is 135 cm³/mol. The Kier molecular flexibility index (Phi) is 8.03. The lowest BCUT2D eigenvalue weighted by Crippen LogP contribution is -2.30. The van der Waals surface area contributed by atoms with Crippen LogP contribution in [-0.4, -0.2) is 42.9 Å². The van der Waals surface area contributed by atoms with E-state index in [2.05, 4.69) is 29.3 Å². The Hall–Kier alpha value is -2.82. The number of carbonyl (C=O) groups excluding carboxylic acids is 2. The number of benzene rings is 2. The van der Waals surface area contributed by atoms with Crippen LogP contribution in [0.4, 0.5) is 11.4 Å². The molecule has 2 aromatic carbocycles. The van der Waals surface area contributed by atoms with Crippen LogP contribution in [-0.2, 0) is 6.42 Å². The summed E-state index contributed by atoms with van der Waals surface area (Å²) in [6, 6.07) is 13.7. The molecular formula is C28H37N3O2. The molecule has 0 saturated carbocycles. The van der Waals surface area contributed by atoms with Crippen LogP contribution in [0.5, 0.6) is 0 Å². The fourth-order valence-electron chi connectivity index (χ4n) is 4.89. The number of anilines is 2. The Labute approximate surface area is 198 Å². The van der Waals surface area contributed by atoms with Crippen LogP contribution in [0.2, 0.25) is 0 Å². The number of nitrogens with zero attached hydrogens (tertiary/aromatic N) is 2. The SMILES string of the molecule is CCCCCCc1ccc(C(=O)Nc2ccc(N3CCCC3)c(C(=O)N3CCCC3)c2)cc1. The molecule has 0 aliphatic carbocycles. The number of nitrogens with one attached hydrogen (secondary N) is 1. The van der Waals surface area contributed by atoms with Gasteiger partial charge >= 0.3 is 0 Å². The van der Waals surface area contributed by atoms with Crippen LogP contribution in [0.3, 0.4) is 0 Å². The number of carbonyl (C=O) groups is 2. The number of rotatable bonds is 9. The molecule has 2 aliphatic rings. The fraction of sp³-hybridized carbons (Fsp3) is 0.500. The van der Waals surface area contributed by atoms with Gasteiger partial charge in [0.2, 0.25) is 0 Å². The molecule has 2 saturated heterocycles. The molecule has 4 rings (SSSR count). The van der Waals surface area contributed by atoms with Crippen molar-refractivity contribution in [2.75, 3.05) is 36.4 Å². The number of unbranched alkanes of at least 4 members (excludes halogenated alkanes) is 3. The Bertz CT molecular complexity index is 942. The van der Waals surface area contributed by atoms with Crippen molar-refractivity contribution in [2.45, 2.75) is 64.7 Å². The highest BCUT2D eigenvalue weighted by Gasteiger charge is 2.25. The van der Waals surface area contributed by atoms with Gasteiger partial charge in [-0.2, -0.15) is 0 Å². The van der Waals surface area contributed by atoms with Crippen LogP contribution in [0.25, 0.3) is 0 Å². The Balaban J connectivity index is 1.46. The Morgan fingerprint density at radius 1 is 0.848 bits per heavy atom. The molecule has 33 heavy (non-hydrogen) atoms. The van der Waals surface area contributed by atoms with Crippen molar-refractivity contribution in [3.8, 4) is 0 Å². The summed E-state index contributed by atoms with van der Waals surface area (Å²) in [5.41, 5.74) is 4.29. The van der Waals surface area contributed by atoms with Gasteiger partial charge in [-0.15, -0.1) is 0 Å². The number of amides is 2. The molecule has 2 fully saturated rings. The van der Waals surface area contributed by atoms with E-state index in [4.69, 9.17) is 0 Å². The number of aryl methyl sites for hydroxylation is 1. The third-order valence-electron chi connectivity index (χ3n) is 6.86. The average molecular weight is 448 g/mol. The van der Waals surface area contributed by atoms with Crippen molar-refractivity contribution in [1.29, 1.82) is 0 Å². The molecule has 0 spiro atoms. The van der Waals surface area contributed by atoms with E-state index in [0.29, 0.717) is 16.8 Å². The van der Waals surface area contributed by atoms with Crippen molar-refractivity contribution in [1.82, 2.24) is 4.90 Å². The van der Waals surface area contributed by atoms with Gasteiger partial charge in [-0.25, -0.2) is 0 Å². The molecule has 2 aromatic rings. The molecule has 0 atom stereocenters. The van der Waals surface area contributed by atoms with E-state index in [0.717, 1.165) is 64.0 Å². The van der Waals surface area contributed by atoms with Crippen LogP contribution < -0.4 is 10.2 Å². The first-order valence-corrected chi connectivity index (χ1v) is 12.7. The molecule has 176 valence electrons. The highest BCUT2D eigenvalue weighted by atomic mass is 16.2. The van der Waals surface area contributed by atoms with Crippen LogP contribution in [0.15, 0.2) is 42.5 Å². The van der Waals surface area contributed by atoms with E-state index in [9.17, 15) is 9.59 Å². The van der Waals surface area contributed by atoms with E-state index in [1.165, 1.54) is 31.2 Å². The topological polar surface area (TPSA) is 52.7 Å². The van der Waals surface area contributed by atoms with Gasteiger partial charge in [0.1, 0.15) is 0 Å². The Morgan fingerprint density at radius 3 is 2.24 bits per heavy atom. The molecule has 0 bridgehead atoms. The summed E-state index contributed by atoms with van der Waals surface area (Å²) in [6.07, 6.45) is 10.5. The first-order chi connectivity index (χ1) is 16.2. The van der Waals surface area contributed by atoms with E-state index >= 15 is 0 Å². The second kappa shape index (κ2) is 11.4. The summed E-state index contributed by atoms with van der Waals surface area (Å²) in [4.78, 5) is 30.4. The zero-order valence-corrected chi connectivity index (χ0v) is 19.9. The molecule has 5 nitrogen and oxygen atoms in total. The van der Waals surface area contributed by atoms with Gasteiger partial charge in [0.05, 0.1) is 5.56 Å². The van der Waals surface area contributed by atoms with Gasteiger partial charge in [-0.1, -0.05) is 38.3 Å². The quantitative estimate of drug-likeness (QED) is 0.487. The smallest absolute Gasteiger partial charge is 0.256 e. The Morgan fingerprint density at radius 2 is 1.55 bits per heavy atom. The second-order valence-electron chi connectivity index (χ2n) is 9.39. The minimum atomic E-state index is -0.138. The summed E-state index contributed by atoms with van der Waals surface area (Å²) in [5.74, 6) is -0.0565. The molecule has 2 aliphatic heterocycles. The zero-order valence-electron chi connectivity index (χ0n) is 19.9. The van der Waals surface area contributed by atoms with Crippen LogP contribution in [0, 0.1) is 0 Å². The lowest BCUT2D eigenvalue weighted by atomic mass is 10.0. The first kappa shape index (κ1) is 23.3. The van der Waals surface area contributed by atoms with Gasteiger partial charge in [-0.05, 0) is 74.4 Å². The summed E-state index contributed by atoms with van der Waals surface area (Å²) in [7, 11) is 0. The zero-order chi connectivity index (χ0) is 23.0. The van der Waals surface area contributed by atoms with Crippen molar-refractivity contribution in [3.05, 3.63) is 59.2 Å². The van der Waals surface area contributed by atoms with Crippen molar-refractivity contribution in [2.24, 2.45) is 0 Å². The number of hydrogen-bond acceptors (Lipinski definition) is 3. The predicted octanol–water partition coefficient (Wildman–Crippen LogP) is 5.90. The maximum Gasteiger partial charge on any atom is 0.256 e. The van der Waals surface area contributed by atoms with E-state index in [1.54, 1.807) is 0 Å². The maximum absolute atomic E-state index is 13.3. The van der Waals surface area contributed by atoms with Gasteiger partial charge in [0, 0.05) is 43.1 Å². The number of likely N-dealkylation sites (tertiary alicyclic amines) is 1. The molecule has 5 heteroatoms. The van der Waals surface area contributed by atoms with E-state index in [1.807, 2.05) is 35.2 Å². The third kappa shape index (κ3) is 5.95. The summed E-state index contributed by atoms with van der Waals surface area (Å²) < 4.78 is 0.